The maximum Gasteiger partial charge on any atom is 0.352 e. The maximum absolute atomic E-state index is 12.8. The third-order valence-corrected chi connectivity index (χ3v) is 7.53. The Morgan fingerprint density at radius 1 is 1.38 bits per heavy atom. The summed E-state index contributed by atoms with van der Waals surface area (Å²) in [5.41, 5.74) is 7.30. The highest BCUT2D eigenvalue weighted by Gasteiger charge is 2.54. The van der Waals surface area contributed by atoms with Gasteiger partial charge >= 0.3 is 5.97 Å². The van der Waals surface area contributed by atoms with E-state index in [1.165, 1.54) is 28.7 Å². The van der Waals surface area contributed by atoms with Crippen LogP contribution in [0.2, 0.25) is 0 Å². The topological polar surface area (TPSA) is 171 Å². The van der Waals surface area contributed by atoms with E-state index in [0.717, 1.165) is 27.5 Å². The van der Waals surface area contributed by atoms with Crippen molar-refractivity contribution in [1.29, 1.82) is 0 Å². The quantitative estimate of drug-likeness (QED) is 0.200. The minimum absolute atomic E-state index is 0.0733. The number of carbonyl (C=O) groups excluding carboxylic acids is 2. The number of amides is 2. The van der Waals surface area contributed by atoms with Crippen molar-refractivity contribution in [2.24, 2.45) is 5.16 Å². The summed E-state index contributed by atoms with van der Waals surface area (Å²) in [5, 5.41) is 27.3. The van der Waals surface area contributed by atoms with Crippen molar-refractivity contribution in [2.45, 2.75) is 18.3 Å². The highest BCUT2D eigenvalue weighted by Crippen LogP contribution is 2.40. The standard InChI is InChI=1S/C18H16N6O5S3/c1-7-8(5-32-23-7)2-3-9-4-30-16-12(15(26)24(16)13(9)17(27)28)21-14(25)11(22-29)10-6-31-18(19)20-10/h2-3,5-6,12,16,29H,4H2,1H3,(H2,19,20)(H,21,25)(H,27,28)/b3-2+,22-11-/t12-,16-/m1/s1. The van der Waals surface area contributed by atoms with E-state index in [0.29, 0.717) is 11.3 Å². The van der Waals surface area contributed by atoms with Gasteiger partial charge in [0.2, 0.25) is 0 Å². The number of carboxylic acids is 1. The molecule has 4 heterocycles. The first-order valence-corrected chi connectivity index (χ1v) is 11.8. The molecule has 0 radical (unpaired) electrons. The number of hydrogen-bond donors (Lipinski definition) is 4. The second kappa shape index (κ2) is 8.72. The summed E-state index contributed by atoms with van der Waals surface area (Å²) in [4.78, 5) is 42.3. The molecule has 5 N–H and O–H groups in total. The number of hydrogen-bond acceptors (Lipinski definition) is 11. The number of nitrogens with one attached hydrogen (secondary N) is 1. The Kier molecular flexibility index (Phi) is 5.99. The van der Waals surface area contributed by atoms with Crippen LogP contribution in [0.1, 0.15) is 17.0 Å². The Hall–Kier alpha value is -3.23. The summed E-state index contributed by atoms with van der Waals surface area (Å²) in [6.45, 7) is 1.85. The van der Waals surface area contributed by atoms with Crippen molar-refractivity contribution in [3.8, 4) is 0 Å². The van der Waals surface area contributed by atoms with Gasteiger partial charge in [0.1, 0.15) is 22.8 Å². The number of aromatic nitrogens is 2. The Labute approximate surface area is 193 Å². The number of nitrogens with zero attached hydrogens (tertiary/aromatic N) is 4. The van der Waals surface area contributed by atoms with Crippen molar-refractivity contribution in [2.75, 3.05) is 11.5 Å². The summed E-state index contributed by atoms with van der Waals surface area (Å²) >= 11 is 3.69. The monoisotopic (exact) mass is 492 g/mol. The molecule has 2 aromatic rings. The molecule has 166 valence electrons. The van der Waals surface area contributed by atoms with Crippen LogP contribution in [0.25, 0.3) is 6.08 Å². The zero-order valence-corrected chi connectivity index (χ0v) is 18.8. The average molecular weight is 493 g/mol. The van der Waals surface area contributed by atoms with E-state index in [1.54, 1.807) is 12.2 Å². The first-order valence-electron chi connectivity index (χ1n) is 9.06. The summed E-state index contributed by atoms with van der Waals surface area (Å²) in [5.74, 6) is -2.28. The summed E-state index contributed by atoms with van der Waals surface area (Å²) in [6, 6.07) is -0.969. The van der Waals surface area contributed by atoms with E-state index in [4.69, 9.17) is 5.73 Å². The molecule has 4 rings (SSSR count). The number of thiazole rings is 1. The molecule has 2 amide bonds. The van der Waals surface area contributed by atoms with Gasteiger partial charge in [-0.25, -0.2) is 9.78 Å². The Morgan fingerprint density at radius 2 is 2.16 bits per heavy atom. The van der Waals surface area contributed by atoms with Crippen LogP contribution >= 0.6 is 34.6 Å². The summed E-state index contributed by atoms with van der Waals surface area (Å²) in [6.07, 6.45) is 3.44. The second-order valence-corrected chi connectivity index (χ2v) is 9.37. The number of aryl methyl sites for hydroxylation is 1. The average Bonchev–Trinajstić information content (AvgIpc) is 3.37. The van der Waals surface area contributed by atoms with Crippen LogP contribution < -0.4 is 11.1 Å². The van der Waals surface area contributed by atoms with E-state index < -0.39 is 29.2 Å². The normalized spacial score (nSPS) is 21.0. The van der Waals surface area contributed by atoms with Gasteiger partial charge in [-0.05, 0) is 24.0 Å². The molecular formula is C18H16N6O5S3. The molecule has 0 saturated carbocycles. The second-order valence-electron chi connectivity index (χ2n) is 6.75. The van der Waals surface area contributed by atoms with Crippen LogP contribution in [0.15, 0.2) is 33.3 Å². The van der Waals surface area contributed by atoms with Crippen molar-refractivity contribution in [3.63, 3.8) is 0 Å². The predicted octanol–water partition coefficient (Wildman–Crippen LogP) is 1.12. The highest BCUT2D eigenvalue weighted by molar-refractivity contribution is 8.00. The number of β-lactam (4-membered cyclic amide) rings is 1. The van der Waals surface area contributed by atoms with Crippen LogP contribution in [0.3, 0.4) is 0 Å². The van der Waals surface area contributed by atoms with Gasteiger partial charge < -0.3 is 21.4 Å². The third kappa shape index (κ3) is 3.87. The van der Waals surface area contributed by atoms with Crippen LogP contribution in [0.5, 0.6) is 0 Å². The zero-order valence-electron chi connectivity index (χ0n) is 16.4. The number of fused-ring (bicyclic) bond motifs is 1. The molecule has 2 aromatic heterocycles. The highest BCUT2D eigenvalue weighted by atomic mass is 32.2. The zero-order chi connectivity index (χ0) is 23.0. The minimum atomic E-state index is -1.23. The van der Waals surface area contributed by atoms with E-state index in [9.17, 15) is 24.7 Å². The minimum Gasteiger partial charge on any atom is -0.477 e. The molecule has 32 heavy (non-hydrogen) atoms. The lowest BCUT2D eigenvalue weighted by Gasteiger charge is -2.49. The number of carbonyl (C=O) groups is 3. The molecule has 0 aliphatic carbocycles. The number of carboxylic acid groups (broad SMARTS) is 1. The van der Waals surface area contributed by atoms with E-state index in [-0.39, 0.29) is 22.2 Å². The van der Waals surface area contributed by atoms with E-state index in [2.05, 4.69) is 19.8 Å². The molecule has 0 unspecified atom stereocenters. The SMILES string of the molecule is Cc1nscc1/C=C/C1=C(C(=O)O)N2C(=O)[C@@H](NC(=O)/C(=N\O)c3csc(N)n3)[C@H]2SC1. The summed E-state index contributed by atoms with van der Waals surface area (Å²) < 4.78 is 4.18. The van der Waals surface area contributed by atoms with Crippen molar-refractivity contribution in [1.82, 2.24) is 19.6 Å². The van der Waals surface area contributed by atoms with Gasteiger partial charge in [0, 0.05) is 22.1 Å². The van der Waals surface area contributed by atoms with Crippen molar-refractivity contribution in [3.05, 3.63) is 45.1 Å². The molecule has 2 aliphatic rings. The van der Waals surface area contributed by atoms with Crippen molar-refractivity contribution < 1.29 is 24.7 Å². The number of nitrogens with two attached hydrogens (primary N) is 1. The lowest BCUT2D eigenvalue weighted by atomic mass is 10.0. The van der Waals surface area contributed by atoms with Gasteiger partial charge in [-0.3, -0.25) is 14.5 Å². The Morgan fingerprint density at radius 3 is 2.75 bits per heavy atom. The number of rotatable bonds is 6. The molecule has 1 fully saturated rings. The molecule has 1 saturated heterocycles. The smallest absolute Gasteiger partial charge is 0.352 e. The maximum atomic E-state index is 12.8. The Bertz CT molecular complexity index is 1200. The number of nitrogen functional groups attached to an aromatic ring is 1. The van der Waals surface area contributed by atoms with Crippen LogP contribution in [0.4, 0.5) is 5.13 Å². The van der Waals surface area contributed by atoms with Crippen LogP contribution in [-0.2, 0) is 14.4 Å². The molecule has 0 spiro atoms. The van der Waals surface area contributed by atoms with Gasteiger partial charge in [0.05, 0.1) is 5.69 Å². The molecule has 2 atom stereocenters. The van der Waals surface area contributed by atoms with Gasteiger partial charge in [-0.15, -0.1) is 23.1 Å². The lowest BCUT2D eigenvalue weighted by molar-refractivity contribution is -0.150. The first-order chi connectivity index (χ1) is 15.3. The van der Waals surface area contributed by atoms with Crippen LogP contribution in [-0.4, -0.2) is 65.2 Å². The van der Waals surface area contributed by atoms with Gasteiger partial charge in [-0.1, -0.05) is 17.3 Å². The molecule has 14 heteroatoms. The number of allylic oxidation sites excluding steroid dienone is 1. The number of thioether (sulfide) groups is 1. The molecule has 0 bridgehead atoms. The number of oxime groups is 1. The molecule has 0 aromatic carbocycles. The fraction of sp³-hybridized carbons (Fsp3) is 0.222. The van der Waals surface area contributed by atoms with Crippen LogP contribution in [0, 0.1) is 6.92 Å². The fourth-order valence-electron chi connectivity index (χ4n) is 3.24. The van der Waals surface area contributed by atoms with E-state index >= 15 is 0 Å². The Balaban J connectivity index is 1.53. The number of aliphatic carboxylic acids is 1. The molecular weight excluding hydrogens is 476 g/mol. The fourth-order valence-corrected chi connectivity index (χ4v) is 5.79. The third-order valence-electron chi connectivity index (χ3n) is 4.82. The molecule has 11 nitrogen and oxygen atoms in total. The summed E-state index contributed by atoms with van der Waals surface area (Å²) in [7, 11) is 0. The predicted molar refractivity (Wildman–Crippen MR) is 120 cm³/mol. The lowest BCUT2D eigenvalue weighted by Crippen LogP contribution is -2.71. The molecule has 2 aliphatic heterocycles. The number of anilines is 1. The van der Waals surface area contributed by atoms with Crippen molar-refractivity contribution >= 4 is 69.3 Å². The largest absolute Gasteiger partial charge is 0.477 e. The first kappa shape index (κ1) is 22.0. The van der Waals surface area contributed by atoms with E-state index in [1.807, 2.05) is 12.3 Å². The van der Waals surface area contributed by atoms with Gasteiger partial charge in [0.15, 0.2) is 10.8 Å². The van der Waals surface area contributed by atoms with Gasteiger partial charge in [0.25, 0.3) is 11.8 Å². The van der Waals surface area contributed by atoms with Gasteiger partial charge in [-0.2, -0.15) is 4.37 Å².